The fraction of sp³-hybridized carbons (Fsp3) is 0.394. The van der Waals surface area contributed by atoms with Gasteiger partial charge in [0.05, 0.1) is 19.1 Å². The fourth-order valence-corrected chi connectivity index (χ4v) is 5.45. The van der Waals surface area contributed by atoms with Gasteiger partial charge < -0.3 is 15.0 Å². The molecule has 2 amide bonds. The molecule has 0 unspecified atom stereocenters. The number of amides is 2. The molecule has 0 aliphatic carbocycles. The lowest BCUT2D eigenvalue weighted by molar-refractivity contribution is -0.140. The van der Waals surface area contributed by atoms with Crippen molar-refractivity contribution >= 4 is 27.5 Å². The molecule has 226 valence electrons. The standard InChI is InChI=1S/C33H43N3O5S/c1-7-25(4)34-33(38)31(21-26-12-9-8-10-13-26)35(22-27-14-11-15-30(20-27)41-5)32(37)23-36(42(6,39)40)29-18-16-28(17-19-29)24(2)3/h8-20,24-25,31H,7,21-23H2,1-6H3,(H,34,38)/t25-,31+/m0/s1. The SMILES string of the molecule is CC[C@H](C)NC(=O)[C@@H](Cc1ccccc1)N(Cc1cccc(OC)c1)C(=O)CN(c1ccc(C(C)C)cc1)S(C)(=O)=O. The van der Waals surface area contributed by atoms with Gasteiger partial charge in [-0.25, -0.2) is 8.42 Å². The van der Waals surface area contributed by atoms with E-state index in [1.54, 1.807) is 25.3 Å². The van der Waals surface area contributed by atoms with E-state index in [2.05, 4.69) is 19.2 Å². The summed E-state index contributed by atoms with van der Waals surface area (Å²) in [5, 5.41) is 3.04. The van der Waals surface area contributed by atoms with Crippen molar-refractivity contribution in [2.75, 3.05) is 24.2 Å². The van der Waals surface area contributed by atoms with Crippen molar-refractivity contribution in [3.05, 3.63) is 95.6 Å². The quantitative estimate of drug-likeness (QED) is 0.279. The normalized spacial score (nSPS) is 12.8. The highest BCUT2D eigenvalue weighted by atomic mass is 32.2. The Morgan fingerprint density at radius 2 is 1.55 bits per heavy atom. The lowest BCUT2D eigenvalue weighted by Crippen LogP contribution is -2.54. The Balaban J connectivity index is 2.06. The zero-order chi connectivity index (χ0) is 30.9. The van der Waals surface area contributed by atoms with E-state index in [1.807, 2.05) is 74.5 Å². The van der Waals surface area contributed by atoms with Crippen LogP contribution in [-0.4, -0.2) is 57.1 Å². The van der Waals surface area contributed by atoms with Crippen molar-refractivity contribution in [1.82, 2.24) is 10.2 Å². The molecule has 0 aliphatic rings. The van der Waals surface area contributed by atoms with Gasteiger partial charge >= 0.3 is 0 Å². The Bertz CT molecular complexity index is 1430. The van der Waals surface area contributed by atoms with E-state index in [-0.39, 0.29) is 30.8 Å². The summed E-state index contributed by atoms with van der Waals surface area (Å²) in [5.41, 5.74) is 3.09. The minimum atomic E-state index is -3.83. The number of carbonyl (C=O) groups is 2. The van der Waals surface area contributed by atoms with E-state index >= 15 is 0 Å². The predicted molar refractivity (Wildman–Crippen MR) is 168 cm³/mol. The summed E-state index contributed by atoms with van der Waals surface area (Å²) in [6.07, 6.45) is 2.07. The van der Waals surface area contributed by atoms with E-state index in [0.29, 0.717) is 11.4 Å². The number of nitrogens with zero attached hydrogens (tertiary/aromatic N) is 2. The third-order valence-corrected chi connectivity index (χ3v) is 8.43. The van der Waals surface area contributed by atoms with Crippen molar-refractivity contribution in [3.8, 4) is 5.75 Å². The lowest BCUT2D eigenvalue weighted by atomic mass is 10.0. The highest BCUT2D eigenvalue weighted by molar-refractivity contribution is 7.92. The second kappa shape index (κ2) is 14.9. The zero-order valence-electron chi connectivity index (χ0n) is 25.4. The van der Waals surface area contributed by atoms with Crippen LogP contribution in [0.4, 0.5) is 5.69 Å². The number of anilines is 1. The Labute approximate surface area is 250 Å². The minimum Gasteiger partial charge on any atom is -0.497 e. The van der Waals surface area contributed by atoms with Crippen molar-refractivity contribution in [3.63, 3.8) is 0 Å². The molecule has 0 fully saturated rings. The van der Waals surface area contributed by atoms with Crippen LogP contribution in [0.1, 0.15) is 56.7 Å². The fourth-order valence-electron chi connectivity index (χ4n) is 4.60. The van der Waals surface area contributed by atoms with Crippen LogP contribution in [-0.2, 0) is 32.6 Å². The van der Waals surface area contributed by atoms with Gasteiger partial charge in [0.1, 0.15) is 18.3 Å². The van der Waals surface area contributed by atoms with Gasteiger partial charge in [-0.3, -0.25) is 13.9 Å². The number of ether oxygens (including phenoxy) is 1. The maximum absolute atomic E-state index is 14.2. The van der Waals surface area contributed by atoms with Crippen LogP contribution in [0, 0.1) is 0 Å². The number of nitrogens with one attached hydrogen (secondary N) is 1. The molecule has 42 heavy (non-hydrogen) atoms. The first-order valence-electron chi connectivity index (χ1n) is 14.3. The van der Waals surface area contributed by atoms with E-state index in [9.17, 15) is 18.0 Å². The molecule has 3 aromatic carbocycles. The van der Waals surface area contributed by atoms with Gasteiger partial charge in [0.25, 0.3) is 0 Å². The molecule has 9 heteroatoms. The largest absolute Gasteiger partial charge is 0.497 e. The summed E-state index contributed by atoms with van der Waals surface area (Å²) in [4.78, 5) is 29.5. The van der Waals surface area contributed by atoms with Gasteiger partial charge in [-0.1, -0.05) is 75.4 Å². The van der Waals surface area contributed by atoms with Crippen LogP contribution in [0.15, 0.2) is 78.9 Å². The van der Waals surface area contributed by atoms with E-state index < -0.39 is 28.5 Å². The molecule has 0 saturated heterocycles. The Kier molecular flexibility index (Phi) is 11.6. The summed E-state index contributed by atoms with van der Waals surface area (Å²) in [6, 6.07) is 23.0. The molecule has 0 heterocycles. The number of benzene rings is 3. The number of rotatable bonds is 14. The van der Waals surface area contributed by atoms with Crippen molar-refractivity contribution < 1.29 is 22.7 Å². The molecule has 1 N–H and O–H groups in total. The first-order valence-corrected chi connectivity index (χ1v) is 16.1. The van der Waals surface area contributed by atoms with E-state index in [1.165, 1.54) is 4.90 Å². The van der Waals surface area contributed by atoms with Gasteiger partial charge in [0.15, 0.2) is 0 Å². The highest BCUT2D eigenvalue weighted by Crippen LogP contribution is 2.24. The van der Waals surface area contributed by atoms with Gasteiger partial charge in [-0.05, 0) is 60.2 Å². The minimum absolute atomic E-state index is 0.0886. The molecule has 3 rings (SSSR count). The second-order valence-corrected chi connectivity index (χ2v) is 12.8. The summed E-state index contributed by atoms with van der Waals surface area (Å²) in [6.45, 7) is 7.64. The maximum Gasteiger partial charge on any atom is 0.244 e. The average molecular weight is 594 g/mol. The van der Waals surface area contributed by atoms with Crippen LogP contribution in [0.2, 0.25) is 0 Å². The second-order valence-electron chi connectivity index (χ2n) is 10.9. The van der Waals surface area contributed by atoms with E-state index in [0.717, 1.165) is 33.7 Å². The van der Waals surface area contributed by atoms with Gasteiger partial charge in [-0.15, -0.1) is 0 Å². The Morgan fingerprint density at radius 3 is 2.12 bits per heavy atom. The van der Waals surface area contributed by atoms with Crippen LogP contribution < -0.4 is 14.4 Å². The number of hydrogen-bond donors (Lipinski definition) is 1. The van der Waals surface area contributed by atoms with Crippen LogP contribution in [0.5, 0.6) is 5.75 Å². The molecule has 0 radical (unpaired) electrons. The Hall–Kier alpha value is -3.85. The topological polar surface area (TPSA) is 96.0 Å². The first kappa shape index (κ1) is 32.7. The van der Waals surface area contributed by atoms with Gasteiger partial charge in [0, 0.05) is 19.0 Å². The summed E-state index contributed by atoms with van der Waals surface area (Å²) in [7, 11) is -2.26. The summed E-state index contributed by atoms with van der Waals surface area (Å²) in [5.74, 6) is 0.105. The smallest absolute Gasteiger partial charge is 0.244 e. The van der Waals surface area contributed by atoms with Crippen molar-refractivity contribution in [2.24, 2.45) is 0 Å². The molecular weight excluding hydrogens is 550 g/mol. The number of sulfonamides is 1. The third-order valence-electron chi connectivity index (χ3n) is 7.29. The first-order chi connectivity index (χ1) is 19.9. The van der Waals surface area contributed by atoms with Gasteiger partial charge in [-0.2, -0.15) is 0 Å². The highest BCUT2D eigenvalue weighted by Gasteiger charge is 2.33. The van der Waals surface area contributed by atoms with Crippen molar-refractivity contribution in [2.45, 2.75) is 65.1 Å². The molecule has 0 aliphatic heterocycles. The molecule has 0 bridgehead atoms. The number of hydrogen-bond acceptors (Lipinski definition) is 5. The maximum atomic E-state index is 14.2. The predicted octanol–water partition coefficient (Wildman–Crippen LogP) is 5.14. The van der Waals surface area contributed by atoms with Crippen LogP contribution in [0.3, 0.4) is 0 Å². The average Bonchev–Trinajstić information content (AvgIpc) is 2.97. The zero-order valence-corrected chi connectivity index (χ0v) is 26.2. The molecular formula is C33H43N3O5S. The molecule has 0 aromatic heterocycles. The molecule has 0 spiro atoms. The van der Waals surface area contributed by atoms with Crippen molar-refractivity contribution in [1.29, 1.82) is 0 Å². The van der Waals surface area contributed by atoms with Gasteiger partial charge in [0.2, 0.25) is 21.8 Å². The molecule has 8 nitrogen and oxygen atoms in total. The van der Waals surface area contributed by atoms with Crippen LogP contribution >= 0.6 is 0 Å². The van der Waals surface area contributed by atoms with E-state index in [4.69, 9.17) is 4.74 Å². The summed E-state index contributed by atoms with van der Waals surface area (Å²) < 4.78 is 32.5. The number of methoxy groups -OCH3 is 1. The molecule has 0 saturated carbocycles. The Morgan fingerprint density at radius 1 is 0.905 bits per heavy atom. The number of carbonyl (C=O) groups excluding carboxylic acids is 2. The summed E-state index contributed by atoms with van der Waals surface area (Å²) >= 11 is 0. The monoisotopic (exact) mass is 593 g/mol. The molecule has 2 atom stereocenters. The van der Waals surface area contributed by atoms with Crippen LogP contribution in [0.25, 0.3) is 0 Å². The molecule has 3 aromatic rings. The lowest BCUT2D eigenvalue weighted by Gasteiger charge is -2.34. The third kappa shape index (κ3) is 9.08.